The molecule has 3 rings (SSSR count). The van der Waals surface area contributed by atoms with Crippen molar-refractivity contribution in [1.82, 2.24) is 0 Å². The maximum atomic E-state index is 13.9. The smallest absolute Gasteiger partial charge is 0.206 e. The van der Waals surface area contributed by atoms with Crippen LogP contribution in [0.4, 0.5) is 22.0 Å². The first-order valence-corrected chi connectivity index (χ1v) is 11.5. The Labute approximate surface area is 176 Å². The van der Waals surface area contributed by atoms with Crippen molar-refractivity contribution in [2.75, 3.05) is 0 Å². The minimum atomic E-state index is -5.01. The summed E-state index contributed by atoms with van der Waals surface area (Å²) >= 11 is 0. The van der Waals surface area contributed by atoms with Crippen LogP contribution in [0.15, 0.2) is 24.8 Å². The van der Waals surface area contributed by atoms with E-state index in [1.54, 1.807) is 0 Å². The van der Waals surface area contributed by atoms with Gasteiger partial charge in [0.15, 0.2) is 0 Å². The van der Waals surface area contributed by atoms with Crippen molar-refractivity contribution in [3.63, 3.8) is 0 Å². The first-order valence-electron chi connectivity index (χ1n) is 11.5. The summed E-state index contributed by atoms with van der Waals surface area (Å²) in [5.74, 6) is -0.810. The number of rotatable bonds is 7. The molecule has 2 fully saturated rings. The van der Waals surface area contributed by atoms with Crippen molar-refractivity contribution < 1.29 is 22.0 Å². The van der Waals surface area contributed by atoms with Crippen LogP contribution in [0.3, 0.4) is 0 Å². The predicted molar refractivity (Wildman–Crippen MR) is 110 cm³/mol. The molecule has 0 nitrogen and oxygen atoms in total. The van der Waals surface area contributed by atoms with E-state index in [-0.39, 0.29) is 5.92 Å². The molecule has 2 aliphatic carbocycles. The summed E-state index contributed by atoms with van der Waals surface area (Å²) in [6, 6.07) is 1.79. The molecule has 2 saturated carbocycles. The van der Waals surface area contributed by atoms with E-state index < -0.39 is 23.4 Å². The fourth-order valence-electron chi connectivity index (χ4n) is 5.69. The quantitative estimate of drug-likeness (QED) is 0.231. The average Bonchev–Trinajstić information content (AvgIpc) is 2.70. The Morgan fingerprint density at radius 3 is 1.87 bits per heavy atom. The van der Waals surface area contributed by atoms with Crippen LogP contribution in [0.5, 0.6) is 0 Å². The Kier molecular flexibility index (Phi) is 7.98. The Morgan fingerprint density at radius 1 is 0.833 bits per heavy atom. The molecular weight excluding hydrogens is 395 g/mol. The van der Waals surface area contributed by atoms with Gasteiger partial charge in [-0.05, 0) is 92.7 Å². The van der Waals surface area contributed by atoms with Crippen LogP contribution in [0.1, 0.15) is 94.1 Å². The Bertz CT molecular complexity index is 669. The van der Waals surface area contributed by atoms with E-state index in [1.807, 2.05) is 6.08 Å². The van der Waals surface area contributed by atoms with Crippen LogP contribution in [0.25, 0.3) is 0 Å². The van der Waals surface area contributed by atoms with Crippen LogP contribution in [0.2, 0.25) is 0 Å². The van der Waals surface area contributed by atoms with Gasteiger partial charge in [-0.3, -0.25) is 0 Å². The lowest BCUT2D eigenvalue weighted by Crippen LogP contribution is -2.25. The monoisotopic (exact) mass is 428 g/mol. The molecule has 1 aromatic rings. The van der Waals surface area contributed by atoms with Gasteiger partial charge >= 0.3 is 6.18 Å². The van der Waals surface area contributed by atoms with E-state index in [0.29, 0.717) is 11.5 Å². The van der Waals surface area contributed by atoms with Crippen molar-refractivity contribution in [3.05, 3.63) is 47.5 Å². The highest BCUT2D eigenvalue weighted by Gasteiger charge is 2.39. The maximum absolute atomic E-state index is 13.9. The normalized spacial score (nSPS) is 27.8. The zero-order valence-electron chi connectivity index (χ0n) is 17.6. The van der Waals surface area contributed by atoms with Crippen LogP contribution in [-0.4, -0.2) is 0 Å². The number of alkyl halides is 3. The molecule has 0 heterocycles. The highest BCUT2D eigenvalue weighted by atomic mass is 19.4. The van der Waals surface area contributed by atoms with Gasteiger partial charge in [0.1, 0.15) is 17.2 Å². The molecule has 0 bridgehead atoms. The summed E-state index contributed by atoms with van der Waals surface area (Å²) < 4.78 is 66.2. The summed E-state index contributed by atoms with van der Waals surface area (Å²) in [5, 5.41) is 0. The zero-order valence-corrected chi connectivity index (χ0v) is 17.6. The highest BCUT2D eigenvalue weighted by Crippen LogP contribution is 2.45. The molecule has 0 saturated heterocycles. The maximum Gasteiger partial charge on any atom is 0.422 e. The zero-order chi connectivity index (χ0) is 21.7. The number of hydrogen-bond donors (Lipinski definition) is 0. The molecule has 0 unspecified atom stereocenters. The van der Waals surface area contributed by atoms with Gasteiger partial charge in [0.05, 0.1) is 0 Å². The van der Waals surface area contributed by atoms with Crippen molar-refractivity contribution >= 4 is 0 Å². The Morgan fingerprint density at radius 2 is 1.37 bits per heavy atom. The molecule has 0 N–H and O–H groups in total. The third kappa shape index (κ3) is 5.85. The predicted octanol–water partition coefficient (Wildman–Crippen LogP) is 8.81. The average molecular weight is 429 g/mol. The molecule has 0 amide bonds. The molecule has 0 spiro atoms. The molecule has 0 radical (unpaired) electrons. The fourth-order valence-corrected chi connectivity index (χ4v) is 5.69. The molecule has 0 aromatic heterocycles. The number of benzene rings is 1. The molecule has 0 atom stereocenters. The van der Waals surface area contributed by atoms with E-state index in [9.17, 15) is 22.0 Å². The minimum absolute atomic E-state index is 0.0475. The summed E-state index contributed by atoms with van der Waals surface area (Å²) in [6.45, 7) is 3.77. The first-order chi connectivity index (χ1) is 14.3. The third-order valence-corrected chi connectivity index (χ3v) is 7.42. The number of allylic oxidation sites excluding steroid dienone is 1. The lowest BCUT2D eigenvalue weighted by atomic mass is 9.68. The summed E-state index contributed by atoms with van der Waals surface area (Å²) in [4.78, 5) is 0. The van der Waals surface area contributed by atoms with E-state index in [2.05, 4.69) is 6.58 Å². The number of halogens is 5. The second kappa shape index (κ2) is 10.3. The Balaban J connectivity index is 1.48. The van der Waals surface area contributed by atoms with Gasteiger partial charge in [0.2, 0.25) is 0 Å². The second-order valence-electron chi connectivity index (χ2n) is 9.32. The molecule has 0 aliphatic heterocycles. The van der Waals surface area contributed by atoms with Crippen LogP contribution < -0.4 is 0 Å². The van der Waals surface area contributed by atoms with E-state index in [0.717, 1.165) is 56.1 Å². The van der Waals surface area contributed by atoms with Gasteiger partial charge in [-0.2, -0.15) is 13.2 Å². The third-order valence-electron chi connectivity index (χ3n) is 7.42. The van der Waals surface area contributed by atoms with Crippen LogP contribution in [0, 0.1) is 29.4 Å². The summed E-state index contributed by atoms with van der Waals surface area (Å²) in [7, 11) is 0. The summed E-state index contributed by atoms with van der Waals surface area (Å²) in [6.07, 6.45) is 10.7. The summed E-state index contributed by atoms with van der Waals surface area (Å²) in [5.41, 5.74) is -1.40. The molecule has 5 heteroatoms. The lowest BCUT2D eigenvalue weighted by molar-refractivity contribution is -0.142. The van der Waals surface area contributed by atoms with Crippen LogP contribution in [-0.2, 0) is 6.18 Å². The van der Waals surface area contributed by atoms with Gasteiger partial charge in [0.25, 0.3) is 0 Å². The lowest BCUT2D eigenvalue weighted by Gasteiger charge is -2.38. The van der Waals surface area contributed by atoms with E-state index in [1.165, 1.54) is 44.9 Å². The van der Waals surface area contributed by atoms with Gasteiger partial charge in [0, 0.05) is 0 Å². The molecule has 1 aromatic carbocycles. The second-order valence-corrected chi connectivity index (χ2v) is 9.32. The molecule has 30 heavy (non-hydrogen) atoms. The van der Waals surface area contributed by atoms with Crippen LogP contribution >= 0.6 is 0 Å². The van der Waals surface area contributed by atoms with Gasteiger partial charge in [-0.1, -0.05) is 31.8 Å². The van der Waals surface area contributed by atoms with Gasteiger partial charge in [-0.25, -0.2) is 8.78 Å². The topological polar surface area (TPSA) is 0 Å². The van der Waals surface area contributed by atoms with Crippen molar-refractivity contribution in [2.24, 2.45) is 17.8 Å². The van der Waals surface area contributed by atoms with Gasteiger partial charge in [-0.15, -0.1) is 6.58 Å². The van der Waals surface area contributed by atoms with E-state index >= 15 is 0 Å². The molecule has 168 valence electrons. The molecular formula is C25H33F5. The van der Waals surface area contributed by atoms with Crippen molar-refractivity contribution in [2.45, 2.75) is 89.1 Å². The Hall–Kier alpha value is -1.39. The highest BCUT2D eigenvalue weighted by molar-refractivity contribution is 5.30. The van der Waals surface area contributed by atoms with Gasteiger partial charge < -0.3 is 0 Å². The standard InChI is InChI=1S/C25H33F5/c1-2-3-4-5-6-17-7-9-18(10-8-17)19-11-13-20(14-12-19)21-15-22(26)24(23(27)16-21)25(28,29)30/h2,15-20H,1,3-14H2/t17-,18-,19-,20-. The first kappa shape index (κ1) is 23.3. The number of hydrogen-bond acceptors (Lipinski definition) is 0. The molecule has 2 aliphatic rings. The minimum Gasteiger partial charge on any atom is -0.206 e. The SMILES string of the molecule is C=CCCCC[C@H]1CC[C@H]([C@H]2CC[C@H](c3cc(F)c(C(F)(F)F)c(F)c3)CC2)CC1. The fraction of sp³-hybridized carbons (Fsp3) is 0.680. The van der Waals surface area contributed by atoms with Crippen molar-refractivity contribution in [3.8, 4) is 0 Å². The van der Waals surface area contributed by atoms with Crippen molar-refractivity contribution in [1.29, 1.82) is 0 Å². The van der Waals surface area contributed by atoms with E-state index in [4.69, 9.17) is 0 Å². The largest absolute Gasteiger partial charge is 0.422 e. The number of unbranched alkanes of at least 4 members (excludes halogenated alkanes) is 2.